The first-order valence-electron chi connectivity index (χ1n) is 5.11. The maximum Gasteiger partial charge on any atom is 0.0627 e. The highest BCUT2D eigenvalue weighted by Crippen LogP contribution is 2.44. The van der Waals surface area contributed by atoms with Crippen molar-refractivity contribution in [3.05, 3.63) is 0 Å². The lowest BCUT2D eigenvalue weighted by atomic mass is 9.64. The Morgan fingerprint density at radius 2 is 1.50 bits per heavy atom. The summed E-state index contributed by atoms with van der Waals surface area (Å²) in [6.45, 7) is 8.62. The molecule has 0 rings (SSSR count). The van der Waals surface area contributed by atoms with Gasteiger partial charge in [0.05, 0.1) is 12.1 Å². The van der Waals surface area contributed by atoms with E-state index in [1.165, 1.54) is 0 Å². The molecule has 0 spiro atoms. The van der Waals surface area contributed by atoms with Crippen molar-refractivity contribution in [3.8, 4) is 12.1 Å². The Morgan fingerprint density at radius 1 is 0.929 bits per heavy atom. The van der Waals surface area contributed by atoms with Crippen LogP contribution in [0.3, 0.4) is 0 Å². The van der Waals surface area contributed by atoms with Crippen LogP contribution in [0.4, 0.5) is 0 Å². The van der Waals surface area contributed by atoms with Gasteiger partial charge in [-0.05, 0) is 23.7 Å². The number of nitriles is 2. The van der Waals surface area contributed by atoms with Crippen LogP contribution in [-0.4, -0.2) is 0 Å². The van der Waals surface area contributed by atoms with Gasteiger partial charge in [-0.15, -0.1) is 0 Å². The molecule has 0 saturated heterocycles. The van der Waals surface area contributed by atoms with Gasteiger partial charge >= 0.3 is 0 Å². The van der Waals surface area contributed by atoms with E-state index in [-0.39, 0.29) is 10.8 Å². The van der Waals surface area contributed by atoms with Crippen molar-refractivity contribution in [2.75, 3.05) is 0 Å². The van der Waals surface area contributed by atoms with Crippen LogP contribution in [-0.2, 0) is 0 Å². The zero-order chi connectivity index (χ0) is 11.2. The van der Waals surface area contributed by atoms with Crippen molar-refractivity contribution >= 4 is 0 Å². The van der Waals surface area contributed by atoms with Gasteiger partial charge in [0.15, 0.2) is 0 Å². The van der Waals surface area contributed by atoms with Crippen LogP contribution in [0.5, 0.6) is 0 Å². The number of rotatable bonds is 5. The third-order valence-corrected chi connectivity index (χ3v) is 3.44. The van der Waals surface area contributed by atoms with Crippen molar-refractivity contribution in [3.63, 3.8) is 0 Å². The second-order valence-corrected chi connectivity index (χ2v) is 5.11. The van der Waals surface area contributed by atoms with Crippen LogP contribution in [0.2, 0.25) is 0 Å². The first-order chi connectivity index (χ1) is 6.37. The SMILES string of the molecule is CC(C)(CC#N)C(C)(C)CCCC#N. The molecule has 0 saturated carbocycles. The van der Waals surface area contributed by atoms with Crippen LogP contribution in [0, 0.1) is 33.5 Å². The molecule has 0 aliphatic rings. The van der Waals surface area contributed by atoms with Crippen LogP contribution in [0.15, 0.2) is 0 Å². The van der Waals surface area contributed by atoms with Crippen LogP contribution in [0.1, 0.15) is 53.4 Å². The molecule has 2 nitrogen and oxygen atoms in total. The molecular formula is C12H20N2. The summed E-state index contributed by atoms with van der Waals surface area (Å²) < 4.78 is 0. The van der Waals surface area contributed by atoms with Gasteiger partial charge in [-0.1, -0.05) is 27.7 Å². The minimum Gasteiger partial charge on any atom is -0.198 e. The second kappa shape index (κ2) is 5.01. The highest BCUT2D eigenvalue weighted by molar-refractivity contribution is 4.92. The smallest absolute Gasteiger partial charge is 0.0627 e. The molecule has 0 aromatic carbocycles. The molecule has 78 valence electrons. The van der Waals surface area contributed by atoms with Gasteiger partial charge in [-0.3, -0.25) is 0 Å². The van der Waals surface area contributed by atoms with Crippen molar-refractivity contribution in [2.45, 2.75) is 53.4 Å². The molecule has 0 heterocycles. The number of hydrogen-bond acceptors (Lipinski definition) is 2. The van der Waals surface area contributed by atoms with E-state index in [0.29, 0.717) is 12.8 Å². The second-order valence-electron chi connectivity index (χ2n) is 5.11. The highest BCUT2D eigenvalue weighted by atomic mass is 14.4. The van der Waals surface area contributed by atoms with E-state index < -0.39 is 0 Å². The molecule has 0 bridgehead atoms. The molecule has 2 heteroatoms. The summed E-state index contributed by atoms with van der Waals surface area (Å²) in [5.74, 6) is 0. The normalized spacial score (nSPS) is 11.9. The third kappa shape index (κ3) is 3.38. The summed E-state index contributed by atoms with van der Waals surface area (Å²) in [6, 6.07) is 4.40. The molecule has 0 aromatic heterocycles. The van der Waals surface area contributed by atoms with E-state index in [1.807, 2.05) is 0 Å². The van der Waals surface area contributed by atoms with Gasteiger partial charge in [0.2, 0.25) is 0 Å². The lowest BCUT2D eigenvalue weighted by molar-refractivity contribution is 0.101. The molecule has 0 aliphatic carbocycles. The summed E-state index contributed by atoms with van der Waals surface area (Å²) in [6.07, 6.45) is 3.13. The Hall–Kier alpha value is -1.02. The van der Waals surface area contributed by atoms with Gasteiger partial charge in [0.25, 0.3) is 0 Å². The Kier molecular flexibility index (Phi) is 4.64. The molecule has 0 amide bonds. The Labute approximate surface area is 87.5 Å². The molecule has 0 aromatic rings. The van der Waals surface area contributed by atoms with Gasteiger partial charge in [-0.25, -0.2) is 0 Å². The molecule has 0 unspecified atom stereocenters. The highest BCUT2D eigenvalue weighted by Gasteiger charge is 2.35. The van der Waals surface area contributed by atoms with Crippen LogP contribution < -0.4 is 0 Å². The third-order valence-electron chi connectivity index (χ3n) is 3.44. The molecule has 0 N–H and O–H groups in total. The largest absolute Gasteiger partial charge is 0.198 e. The molecule has 0 fully saturated rings. The zero-order valence-corrected chi connectivity index (χ0v) is 9.72. The molecule has 14 heavy (non-hydrogen) atoms. The monoisotopic (exact) mass is 192 g/mol. The van der Waals surface area contributed by atoms with E-state index in [2.05, 4.69) is 39.8 Å². The van der Waals surface area contributed by atoms with Gasteiger partial charge in [0, 0.05) is 12.8 Å². The number of hydrogen-bond donors (Lipinski definition) is 0. The summed E-state index contributed by atoms with van der Waals surface area (Å²) >= 11 is 0. The Balaban J connectivity index is 4.31. The zero-order valence-electron chi connectivity index (χ0n) is 9.72. The fourth-order valence-corrected chi connectivity index (χ4v) is 1.38. The fraction of sp³-hybridized carbons (Fsp3) is 0.833. The molecule has 0 aliphatic heterocycles. The first-order valence-corrected chi connectivity index (χ1v) is 5.11. The lowest BCUT2D eigenvalue weighted by Gasteiger charge is -2.40. The predicted octanol–water partition coefficient (Wildman–Crippen LogP) is 3.65. The summed E-state index contributed by atoms with van der Waals surface area (Å²) in [4.78, 5) is 0. The summed E-state index contributed by atoms with van der Waals surface area (Å²) in [5, 5.41) is 17.2. The minimum atomic E-state index is 0.0250. The molecule has 0 radical (unpaired) electrons. The lowest BCUT2D eigenvalue weighted by Crippen LogP contribution is -2.32. The standard InChI is InChI=1S/C12H20N2/c1-11(2,7-5-6-9-13)12(3,4)8-10-14/h5-8H2,1-4H3. The summed E-state index contributed by atoms with van der Waals surface area (Å²) in [5.41, 5.74) is 0.150. The quantitative estimate of drug-likeness (QED) is 0.624. The van der Waals surface area contributed by atoms with E-state index in [9.17, 15) is 0 Å². The Bertz CT molecular complexity index is 250. The maximum absolute atomic E-state index is 8.73. The molecule has 0 atom stereocenters. The summed E-state index contributed by atoms with van der Waals surface area (Å²) in [7, 11) is 0. The van der Waals surface area contributed by atoms with E-state index in [1.54, 1.807) is 0 Å². The van der Waals surface area contributed by atoms with Crippen molar-refractivity contribution < 1.29 is 0 Å². The Morgan fingerprint density at radius 3 is 1.93 bits per heavy atom. The van der Waals surface area contributed by atoms with E-state index in [4.69, 9.17) is 10.5 Å². The van der Waals surface area contributed by atoms with E-state index >= 15 is 0 Å². The van der Waals surface area contributed by atoms with Gasteiger partial charge in [0.1, 0.15) is 0 Å². The number of unbranched alkanes of at least 4 members (excludes halogenated alkanes) is 1. The minimum absolute atomic E-state index is 0.0250. The van der Waals surface area contributed by atoms with Gasteiger partial charge < -0.3 is 0 Å². The van der Waals surface area contributed by atoms with Gasteiger partial charge in [-0.2, -0.15) is 10.5 Å². The van der Waals surface area contributed by atoms with Crippen molar-refractivity contribution in [1.82, 2.24) is 0 Å². The fourth-order valence-electron chi connectivity index (χ4n) is 1.38. The number of nitrogens with zero attached hydrogens (tertiary/aromatic N) is 2. The predicted molar refractivity (Wildman–Crippen MR) is 57.3 cm³/mol. The molecular weight excluding hydrogens is 172 g/mol. The first kappa shape index (κ1) is 13.0. The van der Waals surface area contributed by atoms with Crippen LogP contribution >= 0.6 is 0 Å². The topological polar surface area (TPSA) is 47.6 Å². The van der Waals surface area contributed by atoms with E-state index in [0.717, 1.165) is 12.8 Å². The van der Waals surface area contributed by atoms with Crippen LogP contribution in [0.25, 0.3) is 0 Å². The average Bonchev–Trinajstić information content (AvgIpc) is 2.04. The van der Waals surface area contributed by atoms with Crippen molar-refractivity contribution in [1.29, 1.82) is 10.5 Å². The average molecular weight is 192 g/mol. The maximum atomic E-state index is 8.73. The van der Waals surface area contributed by atoms with Crippen molar-refractivity contribution in [2.24, 2.45) is 10.8 Å².